The van der Waals surface area contributed by atoms with Gasteiger partial charge in [0.15, 0.2) is 0 Å². The second-order valence-electron chi connectivity index (χ2n) is 2.36. The van der Waals surface area contributed by atoms with Crippen LogP contribution >= 0.6 is 0 Å². The van der Waals surface area contributed by atoms with Crippen LogP contribution in [0, 0.1) is 0 Å². The number of phenolic OH excluding ortho intramolecular Hbond substituents is 1. The maximum atomic E-state index is 8.63. The molecule has 0 aliphatic rings. The van der Waals surface area contributed by atoms with Crippen LogP contribution in [0.15, 0.2) is 60.9 Å². The van der Waals surface area contributed by atoms with Crippen LogP contribution in [0.2, 0.25) is 0 Å². The maximum Gasteiger partial charge on any atom is 0.0267 e. The summed E-state index contributed by atoms with van der Waals surface area (Å²) in [4.78, 5) is 3.78. The Morgan fingerprint density at radius 1 is 0.786 bits per heavy atom. The Bertz CT molecular complexity index is 286. The second-order valence-corrected chi connectivity index (χ2v) is 2.36. The molecule has 14 heavy (non-hydrogen) atoms. The third kappa shape index (κ3) is 6.30. The molecule has 1 N–H and O–H groups in total. The second kappa shape index (κ2) is 8.37. The summed E-state index contributed by atoms with van der Waals surface area (Å²) in [6.07, 6.45) is 3.50. The zero-order valence-corrected chi connectivity index (χ0v) is 7.17. The number of nitrogens with zero attached hydrogens (tertiary/aromatic N) is 1. The Hall–Kier alpha value is -1.23. The van der Waals surface area contributed by atoms with Gasteiger partial charge in [0.05, 0.1) is 0 Å². The first-order valence-corrected chi connectivity index (χ1v) is 3.98. The smallest absolute Gasteiger partial charge is 0.0267 e. The van der Waals surface area contributed by atoms with E-state index < -0.39 is 0 Å². The van der Waals surface area contributed by atoms with Gasteiger partial charge in [0.2, 0.25) is 0 Å². The summed E-state index contributed by atoms with van der Waals surface area (Å²) >= 11 is 0. The molecule has 2 aromatic rings. The van der Waals surface area contributed by atoms with E-state index in [1.807, 2.05) is 24.3 Å². The molecule has 3 heteroatoms. The molecule has 2 nitrogen and oxygen atoms in total. The maximum absolute atomic E-state index is 8.63. The molecule has 1 heterocycles. The van der Waals surface area contributed by atoms with Gasteiger partial charge >= 0.3 is 18.9 Å². The average molecular weight is 181 g/mol. The molecule has 0 fully saturated rings. The Balaban J connectivity index is 0.000000227. The standard InChI is InChI=1S/C6H6O.C5H5N.Li.H/c7-6-4-2-1-3-5-6;1-2-4-6-5-3-1;;/h1-5,7H;1-5H;;. The zero-order chi connectivity index (χ0) is 9.36. The van der Waals surface area contributed by atoms with Crippen molar-refractivity contribution < 1.29 is 5.11 Å². The normalized spacial score (nSPS) is 7.71. The third-order valence-electron chi connectivity index (χ3n) is 1.32. The van der Waals surface area contributed by atoms with Crippen LogP contribution in [-0.4, -0.2) is 29.0 Å². The van der Waals surface area contributed by atoms with Gasteiger partial charge in [0.25, 0.3) is 0 Å². The minimum atomic E-state index is 0. The Morgan fingerprint density at radius 3 is 1.50 bits per heavy atom. The summed E-state index contributed by atoms with van der Waals surface area (Å²) in [5.41, 5.74) is 0. The van der Waals surface area contributed by atoms with Crippen molar-refractivity contribution in [1.82, 2.24) is 4.98 Å². The van der Waals surface area contributed by atoms with Gasteiger partial charge in [-0.15, -0.1) is 0 Å². The number of rotatable bonds is 0. The van der Waals surface area contributed by atoms with Crippen LogP contribution < -0.4 is 0 Å². The monoisotopic (exact) mass is 181 g/mol. The molecular weight excluding hydrogens is 169 g/mol. The molecular formula is C11H12LiNO. The van der Waals surface area contributed by atoms with Gasteiger partial charge in [-0.2, -0.15) is 0 Å². The number of phenols is 1. The molecule has 0 spiro atoms. The Morgan fingerprint density at radius 2 is 1.29 bits per heavy atom. The topological polar surface area (TPSA) is 33.1 Å². The number of hydrogen-bond donors (Lipinski definition) is 1. The van der Waals surface area contributed by atoms with Gasteiger partial charge in [-0.3, -0.25) is 4.98 Å². The van der Waals surface area contributed by atoms with Crippen molar-refractivity contribution in [3.05, 3.63) is 60.9 Å². The van der Waals surface area contributed by atoms with Crippen LogP contribution in [-0.2, 0) is 0 Å². The predicted octanol–water partition coefficient (Wildman–Crippen LogP) is 1.83. The Labute approximate surface area is 95.8 Å². The largest absolute Gasteiger partial charge is 0.265 e. The molecule has 0 bridgehead atoms. The molecule has 0 saturated carbocycles. The van der Waals surface area contributed by atoms with Crippen LogP contribution in [0.3, 0.4) is 0 Å². The van der Waals surface area contributed by atoms with Crippen LogP contribution in [0.5, 0.6) is 5.75 Å². The van der Waals surface area contributed by atoms with Crippen molar-refractivity contribution in [2.75, 3.05) is 0 Å². The van der Waals surface area contributed by atoms with E-state index in [0.717, 1.165) is 0 Å². The van der Waals surface area contributed by atoms with Crippen molar-refractivity contribution in [2.24, 2.45) is 0 Å². The van der Waals surface area contributed by atoms with E-state index in [4.69, 9.17) is 5.11 Å². The first kappa shape index (κ1) is 12.8. The van der Waals surface area contributed by atoms with E-state index in [2.05, 4.69) is 4.98 Å². The first-order chi connectivity index (χ1) is 6.39. The quantitative estimate of drug-likeness (QED) is 0.629. The molecule has 2 rings (SSSR count). The van der Waals surface area contributed by atoms with Gasteiger partial charge in [-0.25, -0.2) is 0 Å². The SMILES string of the molecule is Oc1ccccc1.[LiH].c1ccncc1. The summed E-state index contributed by atoms with van der Waals surface area (Å²) in [7, 11) is 0. The number of benzene rings is 1. The van der Waals surface area contributed by atoms with E-state index in [1.54, 1.807) is 36.7 Å². The van der Waals surface area contributed by atoms with E-state index >= 15 is 0 Å². The van der Waals surface area contributed by atoms with E-state index in [-0.39, 0.29) is 18.9 Å². The predicted molar refractivity (Wildman–Crippen MR) is 59.5 cm³/mol. The van der Waals surface area contributed by atoms with Crippen molar-refractivity contribution in [2.45, 2.75) is 0 Å². The fourth-order valence-corrected chi connectivity index (χ4v) is 0.741. The summed E-state index contributed by atoms with van der Waals surface area (Å²) in [6.45, 7) is 0. The third-order valence-corrected chi connectivity index (χ3v) is 1.32. The molecule has 0 saturated heterocycles. The molecule has 1 aromatic heterocycles. The van der Waals surface area contributed by atoms with Crippen molar-refractivity contribution in [1.29, 1.82) is 0 Å². The van der Waals surface area contributed by atoms with Gasteiger partial charge in [-0.05, 0) is 24.3 Å². The molecule has 0 aliphatic heterocycles. The number of aromatic hydroxyl groups is 1. The minimum absolute atomic E-state index is 0. The summed E-state index contributed by atoms with van der Waals surface area (Å²) in [6, 6.07) is 14.4. The molecule has 0 radical (unpaired) electrons. The van der Waals surface area contributed by atoms with E-state index in [0.29, 0.717) is 5.75 Å². The first-order valence-electron chi connectivity index (χ1n) is 3.98. The molecule has 0 aliphatic carbocycles. The molecule has 1 aromatic carbocycles. The number of pyridine rings is 1. The molecule has 0 amide bonds. The van der Waals surface area contributed by atoms with Crippen LogP contribution in [0.4, 0.5) is 0 Å². The van der Waals surface area contributed by atoms with Crippen molar-refractivity contribution >= 4 is 18.9 Å². The van der Waals surface area contributed by atoms with Crippen molar-refractivity contribution in [3.8, 4) is 5.75 Å². The fourth-order valence-electron chi connectivity index (χ4n) is 0.741. The Kier molecular flexibility index (Phi) is 7.63. The number of hydrogen-bond acceptors (Lipinski definition) is 2. The summed E-state index contributed by atoms with van der Waals surface area (Å²) in [5, 5.41) is 8.63. The number of para-hydroxylation sites is 1. The fraction of sp³-hybridized carbons (Fsp3) is 0. The molecule has 68 valence electrons. The minimum Gasteiger partial charge on any atom is -0.265 e. The molecule has 0 atom stereocenters. The summed E-state index contributed by atoms with van der Waals surface area (Å²) in [5.74, 6) is 0.322. The van der Waals surface area contributed by atoms with Gasteiger partial charge in [-0.1, -0.05) is 24.3 Å². The summed E-state index contributed by atoms with van der Waals surface area (Å²) < 4.78 is 0. The average Bonchev–Trinajstić information content (AvgIpc) is 2.22. The van der Waals surface area contributed by atoms with Gasteiger partial charge in [0, 0.05) is 12.4 Å². The van der Waals surface area contributed by atoms with Crippen molar-refractivity contribution in [3.63, 3.8) is 0 Å². The van der Waals surface area contributed by atoms with E-state index in [1.165, 1.54) is 0 Å². The van der Waals surface area contributed by atoms with Crippen LogP contribution in [0.1, 0.15) is 0 Å². The van der Waals surface area contributed by atoms with E-state index in [9.17, 15) is 0 Å². The number of aromatic nitrogens is 1. The molecule has 0 unspecified atom stereocenters. The van der Waals surface area contributed by atoms with Gasteiger partial charge in [0.1, 0.15) is 5.75 Å². The van der Waals surface area contributed by atoms with Crippen LogP contribution in [0.25, 0.3) is 0 Å². The van der Waals surface area contributed by atoms with Gasteiger partial charge < -0.3 is 5.11 Å². The zero-order valence-electron chi connectivity index (χ0n) is 7.17.